The maximum atomic E-state index is 12.9. The van der Waals surface area contributed by atoms with Crippen LogP contribution in [0.2, 0.25) is 0 Å². The lowest BCUT2D eigenvalue weighted by Gasteiger charge is -2.01. The van der Waals surface area contributed by atoms with Crippen molar-refractivity contribution in [1.29, 1.82) is 0 Å². The highest BCUT2D eigenvalue weighted by Crippen LogP contribution is 2.27. The molecule has 0 aliphatic heterocycles. The molecule has 0 fully saturated rings. The highest BCUT2D eigenvalue weighted by Gasteiger charge is 2.14. The number of carbonyl (C=O) groups excluding carboxylic acids is 1. The summed E-state index contributed by atoms with van der Waals surface area (Å²) in [6.45, 7) is 0. The largest absolute Gasteiger partial charge is 0.298 e. The molecule has 0 saturated carbocycles. The Balaban J connectivity index is 3.51. The minimum Gasteiger partial charge on any atom is -0.298 e. The van der Waals surface area contributed by atoms with Gasteiger partial charge in [-0.15, -0.1) is 0 Å². The van der Waals surface area contributed by atoms with E-state index in [9.17, 15) is 13.6 Å². The van der Waals surface area contributed by atoms with Crippen LogP contribution in [-0.2, 0) is 0 Å². The first-order chi connectivity index (χ1) is 5.57. The number of halogens is 4. The van der Waals surface area contributed by atoms with Crippen LogP contribution in [0.25, 0.3) is 0 Å². The standard InChI is InChI=1S/C7H2Br2F2O/c8-4-1-5(9)7(11)6(10)3(4)2-12/h1-2H. The van der Waals surface area contributed by atoms with Gasteiger partial charge in [0.2, 0.25) is 0 Å². The van der Waals surface area contributed by atoms with Crippen molar-refractivity contribution in [1.82, 2.24) is 0 Å². The summed E-state index contributed by atoms with van der Waals surface area (Å²) >= 11 is 5.72. The molecule has 1 nitrogen and oxygen atoms in total. The molecular formula is C7H2Br2F2O. The number of rotatable bonds is 1. The van der Waals surface area contributed by atoms with Crippen LogP contribution >= 0.6 is 31.9 Å². The Bertz CT molecular complexity index is 339. The third kappa shape index (κ3) is 1.56. The Labute approximate surface area is 84.0 Å². The van der Waals surface area contributed by atoms with Gasteiger partial charge in [-0.3, -0.25) is 4.79 Å². The molecule has 0 aliphatic rings. The molecule has 1 aromatic rings. The van der Waals surface area contributed by atoms with Gasteiger partial charge in [-0.2, -0.15) is 0 Å². The number of carbonyl (C=O) groups is 1. The van der Waals surface area contributed by atoms with Crippen LogP contribution in [0.4, 0.5) is 8.78 Å². The van der Waals surface area contributed by atoms with Crippen LogP contribution in [0.3, 0.4) is 0 Å². The Morgan fingerprint density at radius 3 is 2.25 bits per heavy atom. The van der Waals surface area contributed by atoms with Crippen LogP contribution in [0.15, 0.2) is 15.0 Å². The monoisotopic (exact) mass is 298 g/mol. The summed E-state index contributed by atoms with van der Waals surface area (Å²) in [5.74, 6) is -2.20. The topological polar surface area (TPSA) is 17.1 Å². The molecule has 12 heavy (non-hydrogen) atoms. The molecule has 0 radical (unpaired) electrons. The van der Waals surface area contributed by atoms with E-state index >= 15 is 0 Å². The number of benzene rings is 1. The highest BCUT2D eigenvalue weighted by atomic mass is 79.9. The molecule has 0 aromatic heterocycles. The van der Waals surface area contributed by atoms with Gasteiger partial charge in [0, 0.05) is 4.47 Å². The summed E-state index contributed by atoms with van der Waals surface area (Å²) < 4.78 is 25.8. The molecule has 0 N–H and O–H groups in total. The van der Waals surface area contributed by atoms with E-state index in [0.29, 0.717) is 0 Å². The van der Waals surface area contributed by atoms with Crippen molar-refractivity contribution >= 4 is 38.1 Å². The molecule has 1 aromatic carbocycles. The molecule has 0 unspecified atom stereocenters. The van der Waals surface area contributed by atoms with E-state index in [2.05, 4.69) is 31.9 Å². The van der Waals surface area contributed by atoms with E-state index in [4.69, 9.17) is 0 Å². The minimum absolute atomic E-state index is 0.0162. The van der Waals surface area contributed by atoms with Crippen LogP contribution in [0.1, 0.15) is 10.4 Å². The molecule has 1 rings (SSSR count). The molecule has 0 amide bonds. The minimum atomic E-state index is -1.15. The van der Waals surface area contributed by atoms with Crippen molar-refractivity contribution in [2.75, 3.05) is 0 Å². The zero-order valence-electron chi connectivity index (χ0n) is 5.57. The lowest BCUT2D eigenvalue weighted by atomic mass is 10.2. The highest BCUT2D eigenvalue weighted by molar-refractivity contribution is 9.11. The first-order valence-corrected chi connectivity index (χ1v) is 4.44. The third-order valence-corrected chi connectivity index (χ3v) is 2.50. The zero-order chi connectivity index (χ0) is 9.30. The summed E-state index contributed by atoms with van der Waals surface area (Å²) in [6, 6.07) is 1.28. The fraction of sp³-hybridized carbons (Fsp3) is 0. The predicted octanol–water partition coefficient (Wildman–Crippen LogP) is 3.30. The van der Waals surface area contributed by atoms with Crippen LogP contribution in [0.5, 0.6) is 0 Å². The second-order valence-corrected chi connectivity index (χ2v) is 3.71. The quantitative estimate of drug-likeness (QED) is 0.442. The van der Waals surface area contributed by atoms with Crippen molar-refractivity contribution in [2.24, 2.45) is 0 Å². The molecule has 0 atom stereocenters. The van der Waals surface area contributed by atoms with Gasteiger partial charge in [-0.25, -0.2) is 8.78 Å². The molecular weight excluding hydrogens is 298 g/mol. The SMILES string of the molecule is O=Cc1c(Br)cc(Br)c(F)c1F. The maximum Gasteiger partial charge on any atom is 0.173 e. The summed E-state index contributed by atoms with van der Waals surface area (Å²) in [7, 11) is 0. The first-order valence-electron chi connectivity index (χ1n) is 2.86. The summed E-state index contributed by atoms with van der Waals surface area (Å²) in [5, 5.41) is 0. The molecule has 0 heterocycles. The number of hydrogen-bond acceptors (Lipinski definition) is 1. The van der Waals surface area contributed by atoms with Crippen LogP contribution in [-0.4, -0.2) is 6.29 Å². The van der Waals surface area contributed by atoms with Crippen molar-refractivity contribution in [3.63, 3.8) is 0 Å². The van der Waals surface area contributed by atoms with Gasteiger partial charge in [0.1, 0.15) is 0 Å². The fourth-order valence-corrected chi connectivity index (χ4v) is 1.89. The summed E-state index contributed by atoms with van der Waals surface area (Å²) in [4.78, 5) is 10.3. The summed E-state index contributed by atoms with van der Waals surface area (Å²) in [5.41, 5.74) is -0.310. The molecule has 0 spiro atoms. The van der Waals surface area contributed by atoms with E-state index < -0.39 is 11.6 Å². The molecule has 0 bridgehead atoms. The predicted molar refractivity (Wildman–Crippen MR) is 47.1 cm³/mol. The smallest absolute Gasteiger partial charge is 0.173 e. The Kier molecular flexibility index (Phi) is 2.95. The Morgan fingerprint density at radius 1 is 1.17 bits per heavy atom. The average molecular weight is 300 g/mol. The Morgan fingerprint density at radius 2 is 1.75 bits per heavy atom. The molecule has 5 heteroatoms. The van der Waals surface area contributed by atoms with Gasteiger partial charge in [0.15, 0.2) is 17.9 Å². The molecule has 0 aliphatic carbocycles. The van der Waals surface area contributed by atoms with Gasteiger partial charge in [0.05, 0.1) is 10.0 Å². The van der Waals surface area contributed by atoms with E-state index in [1.54, 1.807) is 0 Å². The van der Waals surface area contributed by atoms with Crippen molar-refractivity contribution in [2.45, 2.75) is 0 Å². The van der Waals surface area contributed by atoms with Gasteiger partial charge in [0.25, 0.3) is 0 Å². The van der Waals surface area contributed by atoms with Crippen molar-refractivity contribution < 1.29 is 13.6 Å². The second kappa shape index (κ2) is 3.62. The van der Waals surface area contributed by atoms with Gasteiger partial charge in [-0.1, -0.05) is 0 Å². The lowest BCUT2D eigenvalue weighted by molar-refractivity contribution is 0.111. The van der Waals surface area contributed by atoms with E-state index in [-0.39, 0.29) is 20.8 Å². The third-order valence-electron chi connectivity index (χ3n) is 1.27. The van der Waals surface area contributed by atoms with Gasteiger partial charge >= 0.3 is 0 Å². The van der Waals surface area contributed by atoms with E-state index in [0.717, 1.165) is 0 Å². The maximum absolute atomic E-state index is 12.9. The van der Waals surface area contributed by atoms with Gasteiger partial charge in [-0.05, 0) is 37.9 Å². The second-order valence-electron chi connectivity index (χ2n) is 2.00. The lowest BCUT2D eigenvalue weighted by Crippen LogP contribution is -1.95. The number of aldehydes is 1. The zero-order valence-corrected chi connectivity index (χ0v) is 8.75. The van der Waals surface area contributed by atoms with Gasteiger partial charge < -0.3 is 0 Å². The van der Waals surface area contributed by atoms with Crippen molar-refractivity contribution in [3.8, 4) is 0 Å². The Hall–Kier alpha value is -0.290. The van der Waals surface area contributed by atoms with Crippen molar-refractivity contribution in [3.05, 3.63) is 32.2 Å². The summed E-state index contributed by atoms with van der Waals surface area (Å²) in [6.07, 6.45) is 0.259. The molecule has 64 valence electrons. The van der Waals surface area contributed by atoms with Crippen LogP contribution in [0, 0.1) is 11.6 Å². The van der Waals surface area contributed by atoms with E-state index in [1.165, 1.54) is 6.07 Å². The normalized spacial score (nSPS) is 10.0. The van der Waals surface area contributed by atoms with Crippen LogP contribution < -0.4 is 0 Å². The van der Waals surface area contributed by atoms with E-state index in [1.807, 2.05) is 0 Å². The first kappa shape index (κ1) is 9.80. The fourth-order valence-electron chi connectivity index (χ4n) is 0.688. The molecule has 0 saturated heterocycles. The number of hydrogen-bond donors (Lipinski definition) is 0. The average Bonchev–Trinajstić information content (AvgIpc) is 2.01.